The summed E-state index contributed by atoms with van der Waals surface area (Å²) in [4.78, 5) is 6.85. The van der Waals surface area contributed by atoms with Gasteiger partial charge in [0.15, 0.2) is 0 Å². The normalized spacial score (nSPS) is 11.3. The van der Waals surface area contributed by atoms with Crippen LogP contribution in [0.15, 0.2) is 12.5 Å². The maximum Gasteiger partial charge on any atom is 0.0949 e. The third kappa shape index (κ3) is 5.33. The molecule has 0 saturated heterocycles. The first kappa shape index (κ1) is 14.2. The van der Waals surface area contributed by atoms with Crippen LogP contribution in [0.25, 0.3) is 0 Å². The fourth-order valence-electron chi connectivity index (χ4n) is 1.85. The van der Waals surface area contributed by atoms with E-state index in [1.165, 1.54) is 5.69 Å². The predicted octanol–water partition coefficient (Wildman–Crippen LogP) is 1.38. The standard InChI is InChI=1S/C13H26N4/c1-4-14-8-7-13-11-17(12-15-13)10-9-16(5-2)6-3/h11-12,14H,4-10H2,1-3H3. The van der Waals surface area contributed by atoms with E-state index in [4.69, 9.17) is 0 Å². The summed E-state index contributed by atoms with van der Waals surface area (Å²) in [5.41, 5.74) is 1.19. The molecule has 0 fully saturated rings. The van der Waals surface area contributed by atoms with E-state index in [9.17, 15) is 0 Å². The number of rotatable bonds is 9. The van der Waals surface area contributed by atoms with E-state index in [1.54, 1.807) is 0 Å². The number of imidazole rings is 1. The first-order chi connectivity index (χ1) is 8.30. The maximum atomic E-state index is 4.42. The lowest BCUT2D eigenvalue weighted by molar-refractivity contribution is 0.290. The van der Waals surface area contributed by atoms with Crippen molar-refractivity contribution in [2.24, 2.45) is 0 Å². The molecule has 0 unspecified atom stereocenters. The van der Waals surface area contributed by atoms with Crippen molar-refractivity contribution in [3.8, 4) is 0 Å². The van der Waals surface area contributed by atoms with Gasteiger partial charge in [0.1, 0.15) is 0 Å². The van der Waals surface area contributed by atoms with Crippen LogP contribution in [0.1, 0.15) is 26.5 Å². The molecule has 0 aromatic carbocycles. The third-order valence-corrected chi connectivity index (χ3v) is 3.06. The van der Waals surface area contributed by atoms with Gasteiger partial charge in [-0.1, -0.05) is 20.8 Å². The maximum absolute atomic E-state index is 4.42. The van der Waals surface area contributed by atoms with Crippen molar-refractivity contribution in [1.82, 2.24) is 19.8 Å². The summed E-state index contributed by atoms with van der Waals surface area (Å²) in [6, 6.07) is 0. The molecule has 1 aromatic heterocycles. The molecule has 0 aliphatic heterocycles. The molecule has 0 spiro atoms. The highest BCUT2D eigenvalue weighted by molar-refractivity contribution is 4.97. The van der Waals surface area contributed by atoms with Gasteiger partial charge in [-0.05, 0) is 19.6 Å². The monoisotopic (exact) mass is 238 g/mol. The lowest BCUT2D eigenvalue weighted by Crippen LogP contribution is -2.26. The minimum absolute atomic E-state index is 1.02. The smallest absolute Gasteiger partial charge is 0.0949 e. The number of nitrogens with zero attached hydrogens (tertiary/aromatic N) is 3. The highest BCUT2D eigenvalue weighted by Gasteiger charge is 2.01. The van der Waals surface area contributed by atoms with Crippen LogP contribution in [0.3, 0.4) is 0 Å². The molecule has 0 radical (unpaired) electrons. The molecule has 0 amide bonds. The Morgan fingerprint density at radius 3 is 2.71 bits per heavy atom. The van der Waals surface area contributed by atoms with Crippen molar-refractivity contribution >= 4 is 0 Å². The lowest BCUT2D eigenvalue weighted by atomic mass is 10.3. The lowest BCUT2D eigenvalue weighted by Gasteiger charge is -2.17. The van der Waals surface area contributed by atoms with E-state index >= 15 is 0 Å². The zero-order chi connectivity index (χ0) is 12.5. The molecule has 17 heavy (non-hydrogen) atoms. The Hall–Kier alpha value is -0.870. The van der Waals surface area contributed by atoms with Crippen molar-refractivity contribution in [3.05, 3.63) is 18.2 Å². The van der Waals surface area contributed by atoms with Crippen molar-refractivity contribution in [2.75, 3.05) is 32.7 Å². The van der Waals surface area contributed by atoms with E-state index in [0.29, 0.717) is 0 Å². The quantitative estimate of drug-likeness (QED) is 0.660. The molecule has 4 heteroatoms. The fraction of sp³-hybridized carbons (Fsp3) is 0.769. The molecule has 1 aromatic rings. The summed E-state index contributed by atoms with van der Waals surface area (Å²) < 4.78 is 2.19. The SMILES string of the molecule is CCNCCc1cn(CCN(CC)CC)cn1. The average molecular weight is 238 g/mol. The molecule has 0 aliphatic rings. The molecule has 0 saturated carbocycles. The van der Waals surface area contributed by atoms with Gasteiger partial charge in [-0.15, -0.1) is 0 Å². The molecule has 0 bridgehead atoms. The number of aromatic nitrogens is 2. The highest BCUT2D eigenvalue weighted by Crippen LogP contribution is 1.98. The van der Waals surface area contributed by atoms with Gasteiger partial charge in [0.2, 0.25) is 0 Å². The van der Waals surface area contributed by atoms with Crippen molar-refractivity contribution in [1.29, 1.82) is 0 Å². The van der Waals surface area contributed by atoms with E-state index in [-0.39, 0.29) is 0 Å². The van der Waals surface area contributed by atoms with Crippen LogP contribution in [0.4, 0.5) is 0 Å². The van der Waals surface area contributed by atoms with Crippen molar-refractivity contribution in [2.45, 2.75) is 33.7 Å². The van der Waals surface area contributed by atoms with Crippen LogP contribution in [-0.2, 0) is 13.0 Å². The first-order valence-electron chi connectivity index (χ1n) is 6.73. The van der Waals surface area contributed by atoms with Crippen LogP contribution in [0, 0.1) is 0 Å². The van der Waals surface area contributed by atoms with E-state index in [0.717, 1.165) is 45.7 Å². The Labute approximate surface area is 105 Å². The summed E-state index contributed by atoms with van der Waals surface area (Å²) in [5, 5.41) is 3.32. The Morgan fingerprint density at radius 1 is 1.29 bits per heavy atom. The van der Waals surface area contributed by atoms with Crippen molar-refractivity contribution < 1.29 is 0 Å². The summed E-state index contributed by atoms with van der Waals surface area (Å²) in [6.45, 7) is 13.0. The summed E-state index contributed by atoms with van der Waals surface area (Å²) >= 11 is 0. The summed E-state index contributed by atoms with van der Waals surface area (Å²) in [5.74, 6) is 0. The Balaban J connectivity index is 2.30. The van der Waals surface area contributed by atoms with Gasteiger partial charge in [0.05, 0.1) is 12.0 Å². The fourth-order valence-corrected chi connectivity index (χ4v) is 1.85. The molecule has 1 rings (SSSR count). The second-order valence-corrected chi connectivity index (χ2v) is 4.23. The highest BCUT2D eigenvalue weighted by atomic mass is 15.1. The first-order valence-corrected chi connectivity index (χ1v) is 6.73. The molecule has 0 aliphatic carbocycles. The van der Waals surface area contributed by atoms with Gasteiger partial charge in [0, 0.05) is 32.3 Å². The minimum atomic E-state index is 1.02. The largest absolute Gasteiger partial charge is 0.336 e. The second-order valence-electron chi connectivity index (χ2n) is 4.23. The number of nitrogens with one attached hydrogen (secondary N) is 1. The van der Waals surface area contributed by atoms with E-state index < -0.39 is 0 Å². The Morgan fingerprint density at radius 2 is 2.06 bits per heavy atom. The van der Waals surface area contributed by atoms with Gasteiger partial charge in [-0.3, -0.25) is 0 Å². The average Bonchev–Trinajstić information content (AvgIpc) is 2.79. The third-order valence-electron chi connectivity index (χ3n) is 3.06. The van der Waals surface area contributed by atoms with E-state index in [1.807, 2.05) is 6.33 Å². The van der Waals surface area contributed by atoms with Crippen LogP contribution in [0.2, 0.25) is 0 Å². The van der Waals surface area contributed by atoms with Gasteiger partial charge >= 0.3 is 0 Å². The minimum Gasteiger partial charge on any atom is -0.336 e. The molecule has 0 atom stereocenters. The summed E-state index contributed by atoms with van der Waals surface area (Å²) in [7, 11) is 0. The molecular weight excluding hydrogens is 212 g/mol. The Bertz CT molecular complexity index is 291. The molecule has 98 valence electrons. The molecule has 4 nitrogen and oxygen atoms in total. The van der Waals surface area contributed by atoms with Gasteiger partial charge in [-0.25, -0.2) is 4.98 Å². The van der Waals surface area contributed by atoms with Gasteiger partial charge in [-0.2, -0.15) is 0 Å². The zero-order valence-electron chi connectivity index (χ0n) is 11.4. The summed E-state index contributed by atoms with van der Waals surface area (Å²) in [6.07, 6.45) is 5.14. The molecular formula is C13H26N4. The number of likely N-dealkylation sites (N-methyl/N-ethyl adjacent to an activating group) is 2. The van der Waals surface area contributed by atoms with Crippen molar-refractivity contribution in [3.63, 3.8) is 0 Å². The topological polar surface area (TPSA) is 33.1 Å². The van der Waals surface area contributed by atoms with Gasteiger partial charge in [0.25, 0.3) is 0 Å². The van der Waals surface area contributed by atoms with Crippen LogP contribution >= 0.6 is 0 Å². The van der Waals surface area contributed by atoms with Crippen LogP contribution in [0.5, 0.6) is 0 Å². The predicted molar refractivity (Wildman–Crippen MR) is 72.3 cm³/mol. The zero-order valence-corrected chi connectivity index (χ0v) is 11.4. The molecule has 1 heterocycles. The number of hydrogen-bond donors (Lipinski definition) is 1. The second kappa shape index (κ2) is 8.25. The van der Waals surface area contributed by atoms with Crippen LogP contribution < -0.4 is 5.32 Å². The van der Waals surface area contributed by atoms with E-state index in [2.05, 4.69) is 46.7 Å². The van der Waals surface area contributed by atoms with Crippen LogP contribution in [-0.4, -0.2) is 47.2 Å². The van der Waals surface area contributed by atoms with Gasteiger partial charge < -0.3 is 14.8 Å². The Kier molecular flexibility index (Phi) is 6.89. The number of hydrogen-bond acceptors (Lipinski definition) is 3. The molecule has 1 N–H and O–H groups in total.